The van der Waals surface area contributed by atoms with Crippen LogP contribution in [0.2, 0.25) is 0 Å². The molecule has 0 saturated heterocycles. The lowest BCUT2D eigenvalue weighted by atomic mass is 9.48. The van der Waals surface area contributed by atoms with Gasteiger partial charge in [0.25, 0.3) is 0 Å². The fourth-order valence-corrected chi connectivity index (χ4v) is 5.21. The first kappa shape index (κ1) is 9.70. The first-order valence-electron chi connectivity index (χ1n) is 6.73. The zero-order valence-corrected chi connectivity index (χ0v) is 9.95. The van der Waals surface area contributed by atoms with Gasteiger partial charge in [0, 0.05) is 11.0 Å². The van der Waals surface area contributed by atoms with Gasteiger partial charge < -0.3 is 0 Å². The second-order valence-corrected chi connectivity index (χ2v) is 6.47. The summed E-state index contributed by atoms with van der Waals surface area (Å²) in [7, 11) is 0. The molecule has 4 bridgehead atoms. The van der Waals surface area contributed by atoms with Gasteiger partial charge in [-0.05, 0) is 56.3 Å². The number of aromatic amines is 1. The van der Waals surface area contributed by atoms with Crippen molar-refractivity contribution in [2.75, 3.05) is 0 Å². The Morgan fingerprint density at radius 2 is 1.76 bits per heavy atom. The Morgan fingerprint density at radius 3 is 2.29 bits per heavy atom. The molecular formula is C14H17N3. The summed E-state index contributed by atoms with van der Waals surface area (Å²) in [6.07, 6.45) is 10.1. The van der Waals surface area contributed by atoms with Crippen LogP contribution in [0.4, 0.5) is 0 Å². The smallest absolute Gasteiger partial charge is 0.139 e. The van der Waals surface area contributed by atoms with Gasteiger partial charge in [-0.15, -0.1) is 0 Å². The number of rotatable bonds is 1. The van der Waals surface area contributed by atoms with E-state index in [0.29, 0.717) is 11.1 Å². The summed E-state index contributed by atoms with van der Waals surface area (Å²) >= 11 is 0. The second kappa shape index (κ2) is 3.13. The van der Waals surface area contributed by atoms with Crippen LogP contribution < -0.4 is 0 Å². The average Bonchev–Trinajstić information content (AvgIpc) is 2.75. The molecule has 3 nitrogen and oxygen atoms in total. The molecule has 0 unspecified atom stereocenters. The van der Waals surface area contributed by atoms with Crippen molar-refractivity contribution in [2.24, 2.45) is 17.8 Å². The van der Waals surface area contributed by atoms with Crippen LogP contribution in [0.1, 0.15) is 49.8 Å². The van der Waals surface area contributed by atoms with Crippen LogP contribution >= 0.6 is 0 Å². The van der Waals surface area contributed by atoms with E-state index in [4.69, 9.17) is 0 Å². The molecule has 1 heterocycles. The number of nitriles is 1. The molecular weight excluding hydrogens is 210 g/mol. The van der Waals surface area contributed by atoms with Crippen molar-refractivity contribution in [1.82, 2.24) is 10.2 Å². The SMILES string of the molecule is N#Cc1[nH]ncc1C12CC3CC(CC(C3)C1)C2. The number of aromatic nitrogens is 2. The molecule has 1 aromatic heterocycles. The first-order valence-corrected chi connectivity index (χ1v) is 6.73. The van der Waals surface area contributed by atoms with E-state index in [9.17, 15) is 5.26 Å². The molecule has 1 aromatic rings. The number of nitrogens with one attached hydrogen (secondary N) is 1. The van der Waals surface area contributed by atoms with E-state index >= 15 is 0 Å². The third-order valence-electron chi connectivity index (χ3n) is 5.36. The van der Waals surface area contributed by atoms with Crippen molar-refractivity contribution in [1.29, 1.82) is 5.26 Å². The maximum absolute atomic E-state index is 9.19. The van der Waals surface area contributed by atoms with Crippen LogP contribution in [0, 0.1) is 29.1 Å². The monoisotopic (exact) mass is 227 g/mol. The van der Waals surface area contributed by atoms with E-state index < -0.39 is 0 Å². The Kier molecular flexibility index (Phi) is 1.79. The van der Waals surface area contributed by atoms with Crippen LogP contribution in [0.15, 0.2) is 6.20 Å². The molecule has 0 atom stereocenters. The second-order valence-electron chi connectivity index (χ2n) is 6.47. The molecule has 1 N–H and O–H groups in total. The molecule has 4 aliphatic rings. The molecule has 0 amide bonds. The third kappa shape index (κ3) is 1.24. The molecule has 17 heavy (non-hydrogen) atoms. The lowest BCUT2D eigenvalue weighted by Crippen LogP contribution is -2.48. The summed E-state index contributed by atoms with van der Waals surface area (Å²) in [6, 6.07) is 2.28. The third-order valence-corrected chi connectivity index (χ3v) is 5.36. The van der Waals surface area contributed by atoms with Gasteiger partial charge in [0.05, 0.1) is 6.20 Å². The van der Waals surface area contributed by atoms with E-state index in [1.807, 2.05) is 6.20 Å². The number of hydrogen-bond acceptors (Lipinski definition) is 2. The van der Waals surface area contributed by atoms with E-state index in [-0.39, 0.29) is 0 Å². The van der Waals surface area contributed by atoms with Crippen molar-refractivity contribution in [3.05, 3.63) is 17.5 Å². The zero-order chi connectivity index (χ0) is 11.5. The maximum atomic E-state index is 9.19. The van der Waals surface area contributed by atoms with Crippen LogP contribution in [0.25, 0.3) is 0 Å². The summed E-state index contributed by atoms with van der Waals surface area (Å²) in [5, 5.41) is 16.2. The highest BCUT2D eigenvalue weighted by Crippen LogP contribution is 2.60. The Labute approximate surface area is 101 Å². The summed E-state index contributed by atoms with van der Waals surface area (Å²) in [6.45, 7) is 0. The summed E-state index contributed by atoms with van der Waals surface area (Å²) in [4.78, 5) is 0. The number of nitrogens with zero attached hydrogens (tertiary/aromatic N) is 2. The van der Waals surface area contributed by atoms with Gasteiger partial charge in [0.1, 0.15) is 11.8 Å². The highest BCUT2D eigenvalue weighted by Gasteiger charge is 2.52. The highest BCUT2D eigenvalue weighted by atomic mass is 15.1. The predicted octanol–water partition coefficient (Wildman–Crippen LogP) is 2.75. The number of H-pyrrole nitrogens is 1. The summed E-state index contributed by atoms with van der Waals surface area (Å²) in [5.41, 5.74) is 2.23. The zero-order valence-electron chi connectivity index (χ0n) is 9.95. The van der Waals surface area contributed by atoms with Crippen molar-refractivity contribution < 1.29 is 0 Å². The van der Waals surface area contributed by atoms with Crippen LogP contribution in [-0.2, 0) is 5.41 Å². The van der Waals surface area contributed by atoms with Crippen molar-refractivity contribution in [3.63, 3.8) is 0 Å². The van der Waals surface area contributed by atoms with Crippen molar-refractivity contribution >= 4 is 0 Å². The van der Waals surface area contributed by atoms with Gasteiger partial charge in [-0.3, -0.25) is 5.10 Å². The largest absolute Gasteiger partial charge is 0.268 e. The highest BCUT2D eigenvalue weighted by molar-refractivity contribution is 5.37. The minimum atomic E-state index is 0.298. The van der Waals surface area contributed by atoms with Gasteiger partial charge in [0.15, 0.2) is 0 Å². The van der Waals surface area contributed by atoms with Crippen LogP contribution in [0.3, 0.4) is 0 Å². The van der Waals surface area contributed by atoms with Crippen molar-refractivity contribution in [3.8, 4) is 6.07 Å². The molecule has 4 fully saturated rings. The molecule has 0 aromatic carbocycles. The van der Waals surface area contributed by atoms with Gasteiger partial charge in [0.2, 0.25) is 0 Å². The normalized spacial score (nSPS) is 42.6. The van der Waals surface area contributed by atoms with E-state index in [1.54, 1.807) is 0 Å². The fraction of sp³-hybridized carbons (Fsp3) is 0.714. The summed E-state index contributed by atoms with van der Waals surface area (Å²) in [5.74, 6) is 2.76. The van der Waals surface area contributed by atoms with Gasteiger partial charge in [-0.1, -0.05) is 0 Å². The lowest BCUT2D eigenvalue weighted by Gasteiger charge is -2.56. The van der Waals surface area contributed by atoms with Gasteiger partial charge in [-0.2, -0.15) is 10.4 Å². The Hall–Kier alpha value is -1.30. The molecule has 3 heteroatoms. The molecule has 4 aliphatic carbocycles. The minimum absolute atomic E-state index is 0.298. The standard InChI is InChI=1S/C14H17N3/c15-7-13-12(8-16-17-13)14-4-9-1-10(5-14)3-11(2-9)6-14/h8-11H,1-6H2,(H,16,17). The molecule has 5 rings (SSSR count). The fourth-order valence-electron chi connectivity index (χ4n) is 5.21. The first-order chi connectivity index (χ1) is 8.29. The maximum Gasteiger partial charge on any atom is 0.139 e. The van der Waals surface area contributed by atoms with Crippen LogP contribution in [-0.4, -0.2) is 10.2 Å². The Balaban J connectivity index is 1.80. The Bertz CT molecular complexity index is 459. The van der Waals surface area contributed by atoms with E-state index in [0.717, 1.165) is 17.8 Å². The summed E-state index contributed by atoms with van der Waals surface area (Å²) < 4.78 is 0. The predicted molar refractivity (Wildman–Crippen MR) is 63.2 cm³/mol. The molecule has 0 spiro atoms. The molecule has 0 aliphatic heterocycles. The van der Waals surface area contributed by atoms with E-state index in [2.05, 4.69) is 16.3 Å². The van der Waals surface area contributed by atoms with E-state index in [1.165, 1.54) is 44.1 Å². The topological polar surface area (TPSA) is 52.5 Å². The van der Waals surface area contributed by atoms with Gasteiger partial charge in [-0.25, -0.2) is 0 Å². The van der Waals surface area contributed by atoms with Gasteiger partial charge >= 0.3 is 0 Å². The average molecular weight is 227 g/mol. The molecule has 88 valence electrons. The Morgan fingerprint density at radius 1 is 1.18 bits per heavy atom. The van der Waals surface area contributed by atoms with Crippen LogP contribution in [0.5, 0.6) is 0 Å². The quantitative estimate of drug-likeness (QED) is 0.802. The lowest BCUT2D eigenvalue weighted by molar-refractivity contribution is -0.00529. The van der Waals surface area contributed by atoms with Crippen molar-refractivity contribution in [2.45, 2.75) is 43.9 Å². The minimum Gasteiger partial charge on any atom is -0.268 e. The molecule has 0 radical (unpaired) electrons. The molecule has 4 saturated carbocycles. The number of hydrogen-bond donors (Lipinski definition) is 1.